The highest BCUT2D eigenvalue weighted by molar-refractivity contribution is 9.10. The average molecular weight is 338 g/mol. The summed E-state index contributed by atoms with van der Waals surface area (Å²) in [5.41, 5.74) is 1.60. The van der Waals surface area contributed by atoms with Gasteiger partial charge in [-0.25, -0.2) is 0 Å². The molecular formula is C17H24BrNO. The van der Waals surface area contributed by atoms with Gasteiger partial charge in [-0.3, -0.25) is 0 Å². The van der Waals surface area contributed by atoms with Crippen molar-refractivity contribution in [2.24, 2.45) is 5.41 Å². The largest absolute Gasteiger partial charge is 0.381 e. The number of rotatable bonds is 4. The number of benzene rings is 1. The Labute approximate surface area is 130 Å². The van der Waals surface area contributed by atoms with E-state index in [1.54, 1.807) is 0 Å². The lowest BCUT2D eigenvalue weighted by molar-refractivity contribution is -0.134. The van der Waals surface area contributed by atoms with Gasteiger partial charge in [0.1, 0.15) is 0 Å². The van der Waals surface area contributed by atoms with Crippen LogP contribution in [0.4, 0.5) is 5.69 Å². The second-order valence-electron chi connectivity index (χ2n) is 6.15. The van der Waals surface area contributed by atoms with Crippen LogP contribution in [0.2, 0.25) is 0 Å². The molecule has 0 amide bonds. The first-order valence-corrected chi connectivity index (χ1v) is 8.68. The zero-order valence-corrected chi connectivity index (χ0v) is 13.8. The van der Waals surface area contributed by atoms with Gasteiger partial charge < -0.3 is 10.1 Å². The number of anilines is 1. The molecule has 2 atom stereocenters. The van der Waals surface area contributed by atoms with Crippen molar-refractivity contribution in [2.75, 3.05) is 11.9 Å². The Kier molecular flexibility index (Phi) is 4.37. The van der Waals surface area contributed by atoms with E-state index in [1.807, 2.05) is 0 Å². The zero-order chi connectivity index (χ0) is 14.0. The number of ether oxygens (including phenoxy) is 1. The molecule has 1 N–H and O–H groups in total. The topological polar surface area (TPSA) is 21.3 Å². The van der Waals surface area contributed by atoms with E-state index in [9.17, 15) is 0 Å². The van der Waals surface area contributed by atoms with Crippen LogP contribution in [0, 0.1) is 5.41 Å². The highest BCUT2D eigenvalue weighted by Crippen LogP contribution is 2.54. The van der Waals surface area contributed by atoms with E-state index in [-0.39, 0.29) is 0 Å². The molecule has 20 heavy (non-hydrogen) atoms. The van der Waals surface area contributed by atoms with Crippen molar-refractivity contribution in [3.8, 4) is 0 Å². The van der Waals surface area contributed by atoms with Crippen LogP contribution in [0.25, 0.3) is 0 Å². The van der Waals surface area contributed by atoms with E-state index in [1.165, 1.54) is 37.8 Å². The van der Waals surface area contributed by atoms with Crippen molar-refractivity contribution in [1.29, 1.82) is 0 Å². The molecule has 3 heteroatoms. The van der Waals surface area contributed by atoms with Crippen molar-refractivity contribution in [3.05, 3.63) is 28.7 Å². The smallest absolute Gasteiger partial charge is 0.0670 e. The summed E-state index contributed by atoms with van der Waals surface area (Å²) in [4.78, 5) is 0. The minimum absolute atomic E-state index is 0.379. The third-order valence-electron chi connectivity index (χ3n) is 5.14. The van der Waals surface area contributed by atoms with E-state index in [4.69, 9.17) is 4.74 Å². The van der Waals surface area contributed by atoms with Crippen molar-refractivity contribution in [3.63, 3.8) is 0 Å². The maximum absolute atomic E-state index is 6.02. The summed E-state index contributed by atoms with van der Waals surface area (Å²) in [6.45, 7) is 2.96. The first kappa shape index (κ1) is 14.4. The average Bonchev–Trinajstić information content (AvgIpc) is 2.49. The number of para-hydroxylation sites is 1. The highest BCUT2D eigenvalue weighted by atomic mass is 79.9. The Morgan fingerprint density at radius 2 is 2.00 bits per heavy atom. The summed E-state index contributed by atoms with van der Waals surface area (Å²) in [7, 11) is 0. The lowest BCUT2D eigenvalue weighted by Gasteiger charge is -2.58. The molecule has 2 aliphatic carbocycles. The molecular weight excluding hydrogens is 314 g/mol. The van der Waals surface area contributed by atoms with E-state index in [0.29, 0.717) is 17.6 Å². The lowest BCUT2D eigenvalue weighted by Crippen LogP contribution is -2.62. The van der Waals surface area contributed by atoms with Gasteiger partial charge in [-0.15, -0.1) is 0 Å². The van der Waals surface area contributed by atoms with E-state index in [2.05, 4.69) is 52.4 Å². The van der Waals surface area contributed by atoms with E-state index < -0.39 is 0 Å². The Balaban J connectivity index is 1.75. The monoisotopic (exact) mass is 337 g/mol. The van der Waals surface area contributed by atoms with Gasteiger partial charge in [-0.1, -0.05) is 31.4 Å². The molecule has 3 rings (SSSR count). The molecule has 2 saturated carbocycles. The van der Waals surface area contributed by atoms with Crippen LogP contribution in [-0.2, 0) is 4.74 Å². The van der Waals surface area contributed by atoms with Gasteiger partial charge in [0.25, 0.3) is 0 Å². The van der Waals surface area contributed by atoms with E-state index >= 15 is 0 Å². The normalized spacial score (nSPS) is 28.1. The van der Waals surface area contributed by atoms with Crippen molar-refractivity contribution in [2.45, 2.75) is 57.6 Å². The van der Waals surface area contributed by atoms with Crippen LogP contribution in [0.1, 0.15) is 45.4 Å². The minimum Gasteiger partial charge on any atom is -0.381 e. The first-order chi connectivity index (χ1) is 9.76. The quantitative estimate of drug-likeness (QED) is 0.835. The van der Waals surface area contributed by atoms with Crippen molar-refractivity contribution >= 4 is 21.6 Å². The molecule has 1 aromatic rings. The molecule has 2 aliphatic rings. The molecule has 0 aromatic heterocycles. The third-order valence-corrected chi connectivity index (χ3v) is 5.83. The second kappa shape index (κ2) is 6.07. The van der Waals surface area contributed by atoms with Gasteiger partial charge in [0.2, 0.25) is 0 Å². The molecule has 2 fully saturated rings. The van der Waals surface area contributed by atoms with Gasteiger partial charge >= 0.3 is 0 Å². The fraction of sp³-hybridized carbons (Fsp3) is 0.647. The predicted octanol–water partition coefficient (Wildman–Crippen LogP) is 4.99. The molecule has 0 radical (unpaired) electrons. The summed E-state index contributed by atoms with van der Waals surface area (Å²) in [5, 5.41) is 3.77. The van der Waals surface area contributed by atoms with Crippen molar-refractivity contribution < 1.29 is 4.74 Å². The molecule has 0 saturated heterocycles. The maximum atomic E-state index is 6.02. The molecule has 1 aromatic carbocycles. The van der Waals surface area contributed by atoms with Gasteiger partial charge in [-0.2, -0.15) is 0 Å². The minimum atomic E-state index is 0.379. The third kappa shape index (κ3) is 2.50. The summed E-state index contributed by atoms with van der Waals surface area (Å²) in [5.74, 6) is 0. The summed E-state index contributed by atoms with van der Waals surface area (Å²) >= 11 is 3.64. The number of halogens is 1. The molecule has 2 unspecified atom stereocenters. The molecule has 0 bridgehead atoms. The Bertz CT molecular complexity index is 456. The Morgan fingerprint density at radius 1 is 1.25 bits per heavy atom. The van der Waals surface area contributed by atoms with Crippen LogP contribution >= 0.6 is 15.9 Å². The molecule has 0 heterocycles. The van der Waals surface area contributed by atoms with Gasteiger partial charge in [0.15, 0.2) is 0 Å². The van der Waals surface area contributed by atoms with Crippen LogP contribution in [0.5, 0.6) is 0 Å². The molecule has 0 aliphatic heterocycles. The van der Waals surface area contributed by atoms with Crippen LogP contribution in [0.3, 0.4) is 0 Å². The fourth-order valence-electron chi connectivity index (χ4n) is 4.03. The first-order valence-electron chi connectivity index (χ1n) is 7.89. The molecule has 110 valence electrons. The standard InChI is InChI=1S/C17H24BrNO/c1-2-20-16-12-15(17(16)10-6-3-7-11-17)19-14-9-5-4-8-13(14)18/h4-5,8-9,15-16,19H,2-3,6-7,10-12H2,1H3. The van der Waals surface area contributed by atoms with Gasteiger partial charge in [0.05, 0.1) is 6.10 Å². The van der Waals surface area contributed by atoms with Crippen LogP contribution in [-0.4, -0.2) is 18.8 Å². The number of nitrogens with one attached hydrogen (secondary N) is 1. The van der Waals surface area contributed by atoms with Crippen LogP contribution in [0.15, 0.2) is 28.7 Å². The van der Waals surface area contributed by atoms with Crippen molar-refractivity contribution in [1.82, 2.24) is 0 Å². The predicted molar refractivity (Wildman–Crippen MR) is 87.1 cm³/mol. The SMILES string of the molecule is CCOC1CC(Nc2ccccc2Br)C12CCCCC2. The summed E-state index contributed by atoms with van der Waals surface area (Å²) in [6, 6.07) is 9.00. The number of hydrogen-bond donors (Lipinski definition) is 1. The number of hydrogen-bond acceptors (Lipinski definition) is 2. The fourth-order valence-corrected chi connectivity index (χ4v) is 4.43. The second-order valence-corrected chi connectivity index (χ2v) is 7.00. The Morgan fingerprint density at radius 3 is 2.70 bits per heavy atom. The zero-order valence-electron chi connectivity index (χ0n) is 12.2. The molecule has 1 spiro atoms. The molecule has 2 nitrogen and oxygen atoms in total. The van der Waals surface area contributed by atoms with E-state index in [0.717, 1.165) is 17.5 Å². The summed E-state index contributed by atoms with van der Waals surface area (Å²) in [6.07, 6.45) is 8.36. The highest BCUT2D eigenvalue weighted by Gasteiger charge is 2.55. The Hall–Kier alpha value is -0.540. The summed E-state index contributed by atoms with van der Waals surface area (Å²) < 4.78 is 7.18. The lowest BCUT2D eigenvalue weighted by atomic mass is 9.55. The maximum Gasteiger partial charge on any atom is 0.0670 e. The van der Waals surface area contributed by atoms with Gasteiger partial charge in [0, 0.05) is 28.2 Å². The van der Waals surface area contributed by atoms with Gasteiger partial charge in [-0.05, 0) is 54.2 Å². The van der Waals surface area contributed by atoms with Crippen LogP contribution < -0.4 is 5.32 Å².